The molecular formula is C52H35NO. The highest BCUT2D eigenvalue weighted by atomic mass is 16.3. The number of hydrogen-bond acceptors (Lipinski definition) is 2. The van der Waals surface area contributed by atoms with Crippen molar-refractivity contribution in [3.05, 3.63) is 212 Å². The Morgan fingerprint density at radius 3 is 1.61 bits per heavy atom. The van der Waals surface area contributed by atoms with Crippen molar-refractivity contribution in [3.63, 3.8) is 0 Å². The molecule has 0 aliphatic carbocycles. The maximum absolute atomic E-state index is 6.52. The fourth-order valence-corrected chi connectivity index (χ4v) is 7.90. The highest BCUT2D eigenvalue weighted by Crippen LogP contribution is 2.48. The number of anilines is 3. The average Bonchev–Trinajstić information content (AvgIpc) is 3.63. The molecule has 2 heteroatoms. The first-order valence-electron chi connectivity index (χ1n) is 18.4. The van der Waals surface area contributed by atoms with E-state index in [1.165, 1.54) is 44.2 Å². The van der Waals surface area contributed by atoms with Crippen LogP contribution in [0.2, 0.25) is 0 Å². The van der Waals surface area contributed by atoms with Crippen LogP contribution in [-0.2, 0) is 0 Å². The van der Waals surface area contributed by atoms with Gasteiger partial charge in [-0.05, 0) is 98.2 Å². The zero-order valence-electron chi connectivity index (χ0n) is 29.6. The minimum absolute atomic E-state index is 0.866. The Morgan fingerprint density at radius 1 is 0.333 bits per heavy atom. The molecular weight excluding hydrogens is 655 g/mol. The third kappa shape index (κ3) is 5.62. The third-order valence-corrected chi connectivity index (χ3v) is 10.5. The minimum atomic E-state index is 0.866. The van der Waals surface area contributed by atoms with Gasteiger partial charge in [-0.2, -0.15) is 0 Å². The standard InChI is InChI=1S/C52H35NO/c1-3-13-36(14-4-1)38-25-29-43(30-26-38)53(44-31-27-40(28-32-44)46-23-12-18-39-17-7-8-21-45(39)46)48-33-34-50-52(47-22-9-10-24-49(47)54-50)51(48)42-20-11-19-41(35-42)37-15-5-2-6-16-37/h1-35H. The number of benzene rings is 9. The van der Waals surface area contributed by atoms with Gasteiger partial charge >= 0.3 is 0 Å². The van der Waals surface area contributed by atoms with Gasteiger partial charge in [-0.15, -0.1) is 0 Å². The fraction of sp³-hybridized carbons (Fsp3) is 0. The summed E-state index contributed by atoms with van der Waals surface area (Å²) in [7, 11) is 0. The van der Waals surface area contributed by atoms with Gasteiger partial charge < -0.3 is 9.32 Å². The van der Waals surface area contributed by atoms with Gasteiger partial charge in [0.1, 0.15) is 11.2 Å². The number of nitrogens with zero attached hydrogens (tertiary/aromatic N) is 1. The van der Waals surface area contributed by atoms with Crippen molar-refractivity contribution in [1.82, 2.24) is 0 Å². The highest BCUT2D eigenvalue weighted by molar-refractivity contribution is 6.16. The van der Waals surface area contributed by atoms with Crippen LogP contribution in [-0.4, -0.2) is 0 Å². The molecule has 2 nitrogen and oxygen atoms in total. The molecule has 0 unspecified atom stereocenters. The van der Waals surface area contributed by atoms with Gasteiger partial charge in [0.05, 0.1) is 5.69 Å². The van der Waals surface area contributed by atoms with Crippen molar-refractivity contribution in [1.29, 1.82) is 0 Å². The molecule has 0 N–H and O–H groups in total. The normalized spacial score (nSPS) is 11.3. The van der Waals surface area contributed by atoms with Crippen LogP contribution in [0.4, 0.5) is 17.1 Å². The quantitative estimate of drug-likeness (QED) is 0.166. The molecule has 0 saturated heterocycles. The van der Waals surface area contributed by atoms with E-state index in [1.54, 1.807) is 0 Å². The van der Waals surface area contributed by atoms with E-state index in [9.17, 15) is 0 Å². The Morgan fingerprint density at radius 2 is 0.870 bits per heavy atom. The number of fused-ring (bicyclic) bond motifs is 4. The molecule has 0 bridgehead atoms. The van der Waals surface area contributed by atoms with Crippen molar-refractivity contribution in [2.75, 3.05) is 4.90 Å². The maximum atomic E-state index is 6.52. The van der Waals surface area contributed by atoms with Crippen molar-refractivity contribution in [2.24, 2.45) is 0 Å². The third-order valence-electron chi connectivity index (χ3n) is 10.5. The van der Waals surface area contributed by atoms with Crippen LogP contribution >= 0.6 is 0 Å². The van der Waals surface area contributed by atoms with E-state index in [4.69, 9.17) is 4.42 Å². The number of furan rings is 1. The van der Waals surface area contributed by atoms with Crippen molar-refractivity contribution >= 4 is 49.8 Å². The molecule has 1 aromatic heterocycles. The smallest absolute Gasteiger partial charge is 0.136 e. The largest absolute Gasteiger partial charge is 0.456 e. The lowest BCUT2D eigenvalue weighted by atomic mass is 9.93. The van der Waals surface area contributed by atoms with Gasteiger partial charge in [-0.1, -0.05) is 164 Å². The molecule has 0 amide bonds. The Balaban J connectivity index is 1.21. The summed E-state index contributed by atoms with van der Waals surface area (Å²) in [5, 5.41) is 4.69. The van der Waals surface area contributed by atoms with E-state index in [-0.39, 0.29) is 0 Å². The van der Waals surface area contributed by atoms with Gasteiger partial charge in [-0.25, -0.2) is 0 Å². The first-order valence-corrected chi connectivity index (χ1v) is 18.4. The molecule has 10 rings (SSSR count). The number of hydrogen-bond donors (Lipinski definition) is 0. The lowest BCUT2D eigenvalue weighted by Crippen LogP contribution is -2.11. The highest BCUT2D eigenvalue weighted by Gasteiger charge is 2.23. The molecule has 0 saturated carbocycles. The van der Waals surface area contributed by atoms with Gasteiger partial charge in [0.25, 0.3) is 0 Å². The van der Waals surface area contributed by atoms with E-state index < -0.39 is 0 Å². The fourth-order valence-electron chi connectivity index (χ4n) is 7.90. The first-order chi connectivity index (χ1) is 26.8. The SMILES string of the molecule is c1ccc(-c2ccc(N(c3ccc(-c4cccc5ccccc45)cc3)c3ccc4oc5ccccc5c4c3-c3cccc(-c4ccccc4)c3)cc2)cc1. The Labute approximate surface area is 314 Å². The van der Waals surface area contributed by atoms with Crippen LogP contribution in [0.5, 0.6) is 0 Å². The van der Waals surface area contributed by atoms with Gasteiger partial charge in [0.15, 0.2) is 0 Å². The summed E-state index contributed by atoms with van der Waals surface area (Å²) in [5.41, 5.74) is 14.3. The van der Waals surface area contributed by atoms with E-state index in [0.717, 1.165) is 50.1 Å². The topological polar surface area (TPSA) is 16.4 Å². The van der Waals surface area contributed by atoms with Crippen molar-refractivity contribution in [3.8, 4) is 44.5 Å². The second kappa shape index (κ2) is 13.4. The van der Waals surface area contributed by atoms with Crippen LogP contribution in [0.15, 0.2) is 217 Å². The number of para-hydroxylation sites is 1. The molecule has 0 atom stereocenters. The summed E-state index contributed by atoms with van der Waals surface area (Å²) in [4.78, 5) is 2.40. The van der Waals surface area contributed by atoms with E-state index in [1.807, 2.05) is 6.07 Å². The zero-order valence-corrected chi connectivity index (χ0v) is 29.6. The van der Waals surface area contributed by atoms with E-state index in [0.29, 0.717) is 0 Å². The van der Waals surface area contributed by atoms with Crippen LogP contribution in [0.1, 0.15) is 0 Å². The van der Waals surface area contributed by atoms with Gasteiger partial charge in [0.2, 0.25) is 0 Å². The van der Waals surface area contributed by atoms with Crippen molar-refractivity contribution < 1.29 is 4.42 Å². The Hall–Kier alpha value is -7.16. The molecule has 1 heterocycles. The van der Waals surface area contributed by atoms with Gasteiger partial charge in [0, 0.05) is 27.7 Å². The molecule has 9 aromatic carbocycles. The van der Waals surface area contributed by atoms with Crippen LogP contribution in [0.3, 0.4) is 0 Å². The minimum Gasteiger partial charge on any atom is -0.456 e. The zero-order chi connectivity index (χ0) is 35.8. The number of rotatable bonds is 7. The predicted octanol–water partition coefficient (Wildman–Crippen LogP) is 14.9. The van der Waals surface area contributed by atoms with Crippen LogP contribution < -0.4 is 4.90 Å². The Kier molecular flexibility index (Phi) is 7.85. The monoisotopic (exact) mass is 689 g/mol. The molecule has 10 aromatic rings. The average molecular weight is 690 g/mol. The van der Waals surface area contributed by atoms with Crippen LogP contribution in [0, 0.1) is 0 Å². The lowest BCUT2D eigenvalue weighted by Gasteiger charge is -2.29. The summed E-state index contributed by atoms with van der Waals surface area (Å²) in [6.45, 7) is 0. The van der Waals surface area contributed by atoms with Crippen LogP contribution in [0.25, 0.3) is 77.2 Å². The van der Waals surface area contributed by atoms with Gasteiger partial charge in [-0.3, -0.25) is 0 Å². The molecule has 254 valence electrons. The Bertz CT molecular complexity index is 2900. The maximum Gasteiger partial charge on any atom is 0.136 e. The molecule has 54 heavy (non-hydrogen) atoms. The second-order valence-electron chi connectivity index (χ2n) is 13.7. The van der Waals surface area contributed by atoms with E-state index >= 15 is 0 Å². The van der Waals surface area contributed by atoms with Crippen molar-refractivity contribution in [2.45, 2.75) is 0 Å². The molecule has 0 aliphatic heterocycles. The molecule has 0 fully saturated rings. The summed E-state index contributed by atoms with van der Waals surface area (Å²) in [6, 6.07) is 75.9. The first kappa shape index (κ1) is 31.6. The molecule has 0 spiro atoms. The predicted molar refractivity (Wildman–Crippen MR) is 228 cm³/mol. The molecule has 0 aliphatic rings. The summed E-state index contributed by atoms with van der Waals surface area (Å²) < 4.78 is 6.52. The molecule has 0 radical (unpaired) electrons. The lowest BCUT2D eigenvalue weighted by molar-refractivity contribution is 0.669. The summed E-state index contributed by atoms with van der Waals surface area (Å²) >= 11 is 0. The van der Waals surface area contributed by atoms with E-state index in [2.05, 4.69) is 211 Å². The summed E-state index contributed by atoms with van der Waals surface area (Å²) in [6.07, 6.45) is 0. The summed E-state index contributed by atoms with van der Waals surface area (Å²) in [5.74, 6) is 0. The second-order valence-corrected chi connectivity index (χ2v) is 13.7.